The molecule has 4 aromatic carbocycles. The second kappa shape index (κ2) is 8.63. The van der Waals surface area contributed by atoms with Crippen LogP contribution in [0.5, 0.6) is 0 Å². The Morgan fingerprint density at radius 3 is 2.13 bits per heavy atom. The molecule has 0 aromatic heterocycles. The van der Waals surface area contributed by atoms with Crippen molar-refractivity contribution < 1.29 is 4.79 Å². The van der Waals surface area contributed by atoms with Gasteiger partial charge in [-0.25, -0.2) is 0 Å². The Morgan fingerprint density at radius 2 is 1.39 bits per heavy atom. The predicted molar refractivity (Wildman–Crippen MR) is 144 cm³/mol. The standard InChI is InChI=1S/C26H18I2N2O/c27-18-8-12-20(13-9-18)29-24-16-25(23-7-3-5-17-4-1-2-6-22(17)23)30(26(24)31)21-14-10-19(28)11-15-21/h1-16,25,29H/t25-/m0/s1. The first-order valence-corrected chi connectivity index (χ1v) is 12.1. The van der Waals surface area contributed by atoms with Gasteiger partial charge in [0.2, 0.25) is 0 Å². The maximum atomic E-state index is 13.6. The number of carbonyl (C=O) groups excluding carboxylic acids is 1. The maximum absolute atomic E-state index is 13.6. The van der Waals surface area contributed by atoms with Gasteiger partial charge in [0.1, 0.15) is 5.70 Å². The Bertz CT molecular complexity index is 1290. The number of anilines is 2. The predicted octanol–water partition coefficient (Wildman–Crippen LogP) is 7.13. The second-order valence-electron chi connectivity index (χ2n) is 7.38. The van der Waals surface area contributed by atoms with Gasteiger partial charge in [-0.1, -0.05) is 42.5 Å². The van der Waals surface area contributed by atoms with E-state index in [0.717, 1.165) is 29.5 Å². The molecule has 1 heterocycles. The number of amides is 1. The summed E-state index contributed by atoms with van der Waals surface area (Å²) < 4.78 is 2.30. The highest BCUT2D eigenvalue weighted by molar-refractivity contribution is 14.1. The van der Waals surface area contributed by atoms with Crippen LogP contribution in [-0.2, 0) is 4.79 Å². The molecule has 0 fully saturated rings. The molecule has 0 unspecified atom stereocenters. The first kappa shape index (κ1) is 20.5. The third-order valence-electron chi connectivity index (χ3n) is 5.42. The molecule has 152 valence electrons. The average Bonchev–Trinajstić information content (AvgIpc) is 3.11. The van der Waals surface area contributed by atoms with Crippen LogP contribution in [-0.4, -0.2) is 5.91 Å². The smallest absolute Gasteiger partial charge is 0.275 e. The third kappa shape index (κ3) is 4.08. The van der Waals surface area contributed by atoms with Crippen molar-refractivity contribution in [1.82, 2.24) is 0 Å². The number of rotatable bonds is 4. The SMILES string of the molecule is O=C1C(Nc2ccc(I)cc2)=C[C@@H](c2cccc3ccccc23)N1c1ccc(I)cc1. The van der Waals surface area contributed by atoms with Crippen LogP contribution in [0.1, 0.15) is 11.6 Å². The molecular weight excluding hydrogens is 610 g/mol. The molecule has 1 amide bonds. The highest BCUT2D eigenvalue weighted by Crippen LogP contribution is 2.39. The molecule has 0 aliphatic carbocycles. The molecule has 0 radical (unpaired) electrons. The highest BCUT2D eigenvalue weighted by Gasteiger charge is 2.35. The van der Waals surface area contributed by atoms with Crippen molar-refractivity contribution >= 4 is 73.2 Å². The lowest BCUT2D eigenvalue weighted by Gasteiger charge is -2.26. The molecule has 1 aliphatic heterocycles. The van der Waals surface area contributed by atoms with Crippen LogP contribution in [0.3, 0.4) is 0 Å². The van der Waals surface area contributed by atoms with E-state index in [9.17, 15) is 4.79 Å². The molecule has 1 N–H and O–H groups in total. The van der Waals surface area contributed by atoms with E-state index in [1.165, 1.54) is 5.39 Å². The van der Waals surface area contributed by atoms with Crippen LogP contribution in [0.2, 0.25) is 0 Å². The quantitative estimate of drug-likeness (QED) is 0.244. The van der Waals surface area contributed by atoms with E-state index in [4.69, 9.17) is 0 Å². The molecule has 4 aromatic rings. The molecule has 5 heteroatoms. The number of fused-ring (bicyclic) bond motifs is 1. The molecule has 3 nitrogen and oxygen atoms in total. The van der Waals surface area contributed by atoms with Crippen LogP contribution < -0.4 is 10.2 Å². The number of hydrogen-bond donors (Lipinski definition) is 1. The van der Waals surface area contributed by atoms with Crippen LogP contribution in [0, 0.1) is 7.14 Å². The van der Waals surface area contributed by atoms with Gasteiger partial charge in [-0.05, 0) is 116 Å². The van der Waals surface area contributed by atoms with E-state index in [1.54, 1.807) is 0 Å². The normalized spacial score (nSPS) is 15.9. The minimum Gasteiger partial charge on any atom is -0.351 e. The molecule has 0 saturated heterocycles. The van der Waals surface area contributed by atoms with Crippen molar-refractivity contribution in [3.63, 3.8) is 0 Å². The van der Waals surface area contributed by atoms with Gasteiger partial charge in [0.05, 0.1) is 6.04 Å². The van der Waals surface area contributed by atoms with Gasteiger partial charge in [0.25, 0.3) is 5.91 Å². The monoisotopic (exact) mass is 628 g/mol. The van der Waals surface area contributed by atoms with Crippen LogP contribution >= 0.6 is 45.2 Å². The van der Waals surface area contributed by atoms with Crippen molar-refractivity contribution in [2.45, 2.75) is 6.04 Å². The Labute approximate surface area is 208 Å². The Kier molecular flexibility index (Phi) is 5.71. The fraction of sp³-hybridized carbons (Fsp3) is 0.0385. The zero-order valence-electron chi connectivity index (χ0n) is 16.4. The van der Waals surface area contributed by atoms with Crippen molar-refractivity contribution in [2.75, 3.05) is 10.2 Å². The molecule has 5 rings (SSSR count). The van der Waals surface area contributed by atoms with Gasteiger partial charge < -0.3 is 5.32 Å². The number of nitrogens with zero attached hydrogens (tertiary/aromatic N) is 1. The molecule has 31 heavy (non-hydrogen) atoms. The van der Waals surface area contributed by atoms with E-state index in [0.29, 0.717) is 5.70 Å². The summed E-state index contributed by atoms with van der Waals surface area (Å²) in [6.07, 6.45) is 2.04. The first-order chi connectivity index (χ1) is 15.1. The minimum absolute atomic E-state index is 0.0299. The first-order valence-electron chi connectivity index (χ1n) is 9.91. The zero-order chi connectivity index (χ0) is 21.4. The lowest BCUT2D eigenvalue weighted by molar-refractivity contribution is -0.114. The minimum atomic E-state index is -0.190. The fourth-order valence-corrected chi connectivity index (χ4v) is 4.68. The second-order valence-corrected chi connectivity index (χ2v) is 9.87. The molecular formula is C26H18I2N2O. The van der Waals surface area contributed by atoms with Gasteiger partial charge in [-0.3, -0.25) is 9.69 Å². The Morgan fingerprint density at radius 1 is 0.742 bits per heavy atom. The van der Waals surface area contributed by atoms with Crippen molar-refractivity contribution in [3.8, 4) is 0 Å². The lowest BCUT2D eigenvalue weighted by atomic mass is 9.98. The molecule has 1 atom stereocenters. The largest absolute Gasteiger partial charge is 0.351 e. The number of carbonyl (C=O) groups is 1. The van der Waals surface area contributed by atoms with Gasteiger partial charge in [-0.2, -0.15) is 0 Å². The van der Waals surface area contributed by atoms with Crippen LogP contribution in [0.25, 0.3) is 10.8 Å². The number of halogens is 2. The van der Waals surface area contributed by atoms with E-state index >= 15 is 0 Å². The Hall–Kier alpha value is -2.39. The number of benzene rings is 4. The summed E-state index contributed by atoms with van der Waals surface area (Å²) in [5.41, 5.74) is 3.50. The third-order valence-corrected chi connectivity index (χ3v) is 6.86. The fourth-order valence-electron chi connectivity index (χ4n) is 3.96. The Balaban J connectivity index is 1.61. The van der Waals surface area contributed by atoms with Crippen molar-refractivity contribution in [1.29, 1.82) is 0 Å². The summed E-state index contributed by atoms with van der Waals surface area (Å²) in [6.45, 7) is 0. The lowest BCUT2D eigenvalue weighted by Crippen LogP contribution is -2.30. The maximum Gasteiger partial charge on any atom is 0.275 e. The van der Waals surface area contributed by atoms with Gasteiger partial charge in [-0.15, -0.1) is 0 Å². The molecule has 0 spiro atoms. The van der Waals surface area contributed by atoms with Gasteiger partial charge in [0.15, 0.2) is 0 Å². The molecule has 0 saturated carbocycles. The van der Waals surface area contributed by atoms with E-state index in [1.807, 2.05) is 71.6 Å². The van der Waals surface area contributed by atoms with E-state index in [2.05, 4.69) is 80.8 Å². The average molecular weight is 628 g/mol. The number of hydrogen-bond acceptors (Lipinski definition) is 2. The van der Waals surface area contributed by atoms with Gasteiger partial charge in [0, 0.05) is 18.5 Å². The van der Waals surface area contributed by atoms with Gasteiger partial charge >= 0.3 is 0 Å². The summed E-state index contributed by atoms with van der Waals surface area (Å²) in [4.78, 5) is 15.5. The van der Waals surface area contributed by atoms with E-state index < -0.39 is 0 Å². The molecule has 1 aliphatic rings. The van der Waals surface area contributed by atoms with Crippen molar-refractivity contribution in [3.05, 3.63) is 115 Å². The van der Waals surface area contributed by atoms with Crippen LogP contribution in [0.4, 0.5) is 11.4 Å². The molecule has 0 bridgehead atoms. The summed E-state index contributed by atoms with van der Waals surface area (Å²) in [5.74, 6) is -0.0299. The van der Waals surface area contributed by atoms with Crippen LogP contribution in [0.15, 0.2) is 103 Å². The zero-order valence-corrected chi connectivity index (χ0v) is 20.7. The summed E-state index contributed by atoms with van der Waals surface area (Å²) >= 11 is 4.56. The summed E-state index contributed by atoms with van der Waals surface area (Å²) in [7, 11) is 0. The topological polar surface area (TPSA) is 32.3 Å². The summed E-state index contributed by atoms with van der Waals surface area (Å²) in [5, 5.41) is 5.67. The van der Waals surface area contributed by atoms with Crippen molar-refractivity contribution in [2.24, 2.45) is 0 Å². The van der Waals surface area contributed by atoms with E-state index in [-0.39, 0.29) is 11.9 Å². The summed E-state index contributed by atoms with van der Waals surface area (Å²) in [6, 6.07) is 30.6. The number of nitrogens with one attached hydrogen (secondary N) is 1. The highest BCUT2D eigenvalue weighted by atomic mass is 127.